The summed E-state index contributed by atoms with van der Waals surface area (Å²) in [6.45, 7) is 0.356. The van der Waals surface area contributed by atoms with E-state index in [0.717, 1.165) is 5.56 Å². The van der Waals surface area contributed by atoms with Gasteiger partial charge in [-0.3, -0.25) is 9.78 Å². The Morgan fingerprint density at radius 1 is 1.71 bits per heavy atom. The molecule has 0 aliphatic heterocycles. The molecule has 0 spiro atoms. The van der Waals surface area contributed by atoms with Crippen LogP contribution < -0.4 is 11.1 Å². The van der Waals surface area contributed by atoms with Crippen LogP contribution >= 0.6 is 0 Å². The first-order valence-electron chi connectivity index (χ1n) is 4.58. The van der Waals surface area contributed by atoms with Crippen molar-refractivity contribution in [3.8, 4) is 0 Å². The number of aromatic nitrogens is 1. The van der Waals surface area contributed by atoms with Crippen molar-refractivity contribution >= 4 is 5.91 Å². The van der Waals surface area contributed by atoms with Crippen molar-refractivity contribution < 1.29 is 4.79 Å². The fourth-order valence-corrected chi connectivity index (χ4v) is 1.29. The molecule has 0 aliphatic carbocycles. The van der Waals surface area contributed by atoms with Crippen LogP contribution in [0.1, 0.15) is 5.56 Å². The summed E-state index contributed by atoms with van der Waals surface area (Å²) in [7, 11) is 1.62. The maximum Gasteiger partial charge on any atom is 0.224 e. The van der Waals surface area contributed by atoms with E-state index in [4.69, 9.17) is 5.73 Å². The van der Waals surface area contributed by atoms with Crippen LogP contribution in [0.4, 0.5) is 0 Å². The third-order valence-corrected chi connectivity index (χ3v) is 2.11. The van der Waals surface area contributed by atoms with Crippen LogP contribution in [0.25, 0.3) is 0 Å². The third kappa shape index (κ3) is 2.81. The Balaban J connectivity index is 2.62. The molecular formula is C10H15N3O. The molecule has 0 fully saturated rings. The fraction of sp³-hybridized carbons (Fsp3) is 0.400. The summed E-state index contributed by atoms with van der Waals surface area (Å²) in [5.41, 5.74) is 6.55. The highest BCUT2D eigenvalue weighted by molar-refractivity contribution is 5.78. The van der Waals surface area contributed by atoms with Gasteiger partial charge < -0.3 is 11.1 Å². The van der Waals surface area contributed by atoms with Crippen LogP contribution in [-0.2, 0) is 11.2 Å². The summed E-state index contributed by atoms with van der Waals surface area (Å²) in [5.74, 6) is -0.180. The highest BCUT2D eigenvalue weighted by atomic mass is 16.1. The summed E-state index contributed by atoms with van der Waals surface area (Å²) in [6, 6.07) is 3.80. The summed E-state index contributed by atoms with van der Waals surface area (Å²) in [6.07, 6.45) is 4.11. The molecule has 0 saturated carbocycles. The third-order valence-electron chi connectivity index (χ3n) is 2.11. The lowest BCUT2D eigenvalue weighted by Gasteiger charge is -2.12. The topological polar surface area (TPSA) is 68.0 Å². The van der Waals surface area contributed by atoms with Crippen molar-refractivity contribution in [1.82, 2.24) is 10.3 Å². The molecule has 1 aromatic rings. The second kappa shape index (κ2) is 5.34. The second-order valence-electron chi connectivity index (χ2n) is 3.11. The maximum absolute atomic E-state index is 11.3. The van der Waals surface area contributed by atoms with E-state index in [2.05, 4.69) is 10.3 Å². The summed E-state index contributed by atoms with van der Waals surface area (Å²) < 4.78 is 0. The standard InChI is InChI=1S/C10H15N3O/c1-12-10(14)9(6-11)5-8-3-2-4-13-7-8/h2-4,7,9H,5-6,11H2,1H3,(H,12,14). The molecule has 1 rings (SSSR count). The molecule has 0 aromatic carbocycles. The summed E-state index contributed by atoms with van der Waals surface area (Å²) in [4.78, 5) is 15.3. The van der Waals surface area contributed by atoms with Gasteiger partial charge in [0.1, 0.15) is 0 Å². The smallest absolute Gasteiger partial charge is 0.224 e. The molecule has 1 heterocycles. The lowest BCUT2D eigenvalue weighted by Crippen LogP contribution is -2.34. The predicted molar refractivity (Wildman–Crippen MR) is 54.6 cm³/mol. The van der Waals surface area contributed by atoms with E-state index in [1.54, 1.807) is 19.4 Å². The van der Waals surface area contributed by atoms with Gasteiger partial charge in [0.2, 0.25) is 5.91 Å². The first-order chi connectivity index (χ1) is 6.77. The van der Waals surface area contributed by atoms with Gasteiger partial charge in [0, 0.05) is 26.0 Å². The number of nitrogens with zero attached hydrogens (tertiary/aromatic N) is 1. The van der Waals surface area contributed by atoms with Crippen LogP contribution in [0.2, 0.25) is 0 Å². The van der Waals surface area contributed by atoms with Gasteiger partial charge in [-0.05, 0) is 18.1 Å². The minimum Gasteiger partial charge on any atom is -0.359 e. The van der Waals surface area contributed by atoms with E-state index in [1.807, 2.05) is 12.1 Å². The number of nitrogens with one attached hydrogen (secondary N) is 1. The highest BCUT2D eigenvalue weighted by Gasteiger charge is 2.15. The number of hydrogen-bond acceptors (Lipinski definition) is 3. The predicted octanol–water partition coefficient (Wildman–Crippen LogP) is -0.0550. The number of hydrogen-bond donors (Lipinski definition) is 2. The molecule has 0 radical (unpaired) electrons. The number of carbonyl (C=O) groups excluding carboxylic acids is 1. The lowest BCUT2D eigenvalue weighted by molar-refractivity contribution is -0.124. The van der Waals surface area contributed by atoms with Crippen LogP contribution in [0.15, 0.2) is 24.5 Å². The van der Waals surface area contributed by atoms with Crippen LogP contribution in [-0.4, -0.2) is 24.5 Å². The molecule has 3 N–H and O–H groups in total. The Labute approximate surface area is 83.5 Å². The maximum atomic E-state index is 11.3. The zero-order valence-corrected chi connectivity index (χ0v) is 8.23. The van der Waals surface area contributed by atoms with E-state index in [-0.39, 0.29) is 11.8 Å². The number of pyridine rings is 1. The van der Waals surface area contributed by atoms with E-state index < -0.39 is 0 Å². The van der Waals surface area contributed by atoms with Crippen molar-refractivity contribution in [2.24, 2.45) is 11.7 Å². The minimum atomic E-state index is -0.163. The van der Waals surface area contributed by atoms with Gasteiger partial charge in [0.25, 0.3) is 0 Å². The molecule has 4 nitrogen and oxygen atoms in total. The van der Waals surface area contributed by atoms with Gasteiger partial charge in [0.05, 0.1) is 5.92 Å². The van der Waals surface area contributed by atoms with Crippen molar-refractivity contribution in [2.45, 2.75) is 6.42 Å². The van der Waals surface area contributed by atoms with Crippen LogP contribution in [0.3, 0.4) is 0 Å². The van der Waals surface area contributed by atoms with Crippen LogP contribution in [0, 0.1) is 5.92 Å². The molecule has 1 amide bonds. The summed E-state index contributed by atoms with van der Waals surface area (Å²) in [5, 5.41) is 2.60. The molecular weight excluding hydrogens is 178 g/mol. The lowest BCUT2D eigenvalue weighted by atomic mass is 10.00. The van der Waals surface area contributed by atoms with Crippen LogP contribution in [0.5, 0.6) is 0 Å². The molecule has 76 valence electrons. The van der Waals surface area contributed by atoms with Crippen molar-refractivity contribution in [3.63, 3.8) is 0 Å². The van der Waals surface area contributed by atoms with Gasteiger partial charge in [0.15, 0.2) is 0 Å². The average Bonchev–Trinajstić information content (AvgIpc) is 2.26. The van der Waals surface area contributed by atoms with E-state index in [0.29, 0.717) is 13.0 Å². The van der Waals surface area contributed by atoms with Gasteiger partial charge in [-0.2, -0.15) is 0 Å². The zero-order chi connectivity index (χ0) is 10.4. The zero-order valence-electron chi connectivity index (χ0n) is 8.23. The number of rotatable bonds is 4. The Kier molecular flexibility index (Phi) is 4.07. The molecule has 0 bridgehead atoms. The normalized spacial score (nSPS) is 12.1. The van der Waals surface area contributed by atoms with E-state index >= 15 is 0 Å². The van der Waals surface area contributed by atoms with Gasteiger partial charge in [-0.15, -0.1) is 0 Å². The Morgan fingerprint density at radius 2 is 2.50 bits per heavy atom. The Hall–Kier alpha value is -1.42. The number of nitrogens with two attached hydrogens (primary N) is 1. The molecule has 0 saturated heterocycles. The fourth-order valence-electron chi connectivity index (χ4n) is 1.29. The van der Waals surface area contributed by atoms with Crippen molar-refractivity contribution in [1.29, 1.82) is 0 Å². The second-order valence-corrected chi connectivity index (χ2v) is 3.11. The quantitative estimate of drug-likeness (QED) is 0.704. The Morgan fingerprint density at radius 3 is 3.00 bits per heavy atom. The number of amides is 1. The monoisotopic (exact) mass is 193 g/mol. The first kappa shape index (κ1) is 10.7. The van der Waals surface area contributed by atoms with Crippen molar-refractivity contribution in [2.75, 3.05) is 13.6 Å². The average molecular weight is 193 g/mol. The van der Waals surface area contributed by atoms with E-state index in [9.17, 15) is 4.79 Å². The molecule has 1 unspecified atom stereocenters. The van der Waals surface area contributed by atoms with Gasteiger partial charge >= 0.3 is 0 Å². The molecule has 4 heteroatoms. The Bertz CT molecular complexity index is 287. The largest absolute Gasteiger partial charge is 0.359 e. The first-order valence-corrected chi connectivity index (χ1v) is 4.58. The summed E-state index contributed by atoms with van der Waals surface area (Å²) >= 11 is 0. The SMILES string of the molecule is CNC(=O)C(CN)Cc1cccnc1. The van der Waals surface area contributed by atoms with Gasteiger partial charge in [-0.1, -0.05) is 6.07 Å². The van der Waals surface area contributed by atoms with Crippen molar-refractivity contribution in [3.05, 3.63) is 30.1 Å². The molecule has 14 heavy (non-hydrogen) atoms. The van der Waals surface area contributed by atoms with Gasteiger partial charge in [-0.25, -0.2) is 0 Å². The molecule has 1 atom stereocenters. The van der Waals surface area contributed by atoms with E-state index in [1.165, 1.54) is 0 Å². The molecule has 1 aromatic heterocycles. The minimum absolute atomic E-state index is 0.0173. The number of carbonyl (C=O) groups is 1. The highest BCUT2D eigenvalue weighted by Crippen LogP contribution is 2.06. The molecule has 0 aliphatic rings.